The van der Waals surface area contributed by atoms with Crippen LogP contribution in [-0.2, 0) is 4.74 Å². The summed E-state index contributed by atoms with van der Waals surface area (Å²) in [7, 11) is 0. The van der Waals surface area contributed by atoms with Crippen molar-refractivity contribution in [2.45, 2.75) is 19.2 Å². The van der Waals surface area contributed by atoms with Crippen molar-refractivity contribution in [3.05, 3.63) is 35.7 Å². The lowest BCUT2D eigenvalue weighted by atomic mass is 9.98. The third-order valence-corrected chi connectivity index (χ3v) is 2.22. The summed E-state index contributed by atoms with van der Waals surface area (Å²) in [6, 6.07) is 0. The first kappa shape index (κ1) is 12.1. The van der Waals surface area contributed by atoms with Crippen LogP contribution in [0.15, 0.2) is 35.7 Å². The predicted molar refractivity (Wildman–Crippen MR) is 55.6 cm³/mol. The maximum absolute atomic E-state index is 13.7. The molecule has 4 heteroatoms. The van der Waals surface area contributed by atoms with E-state index < -0.39 is 5.85 Å². The molecule has 0 aromatic carbocycles. The number of allylic oxidation sites excluding steroid dienone is 1. The smallest absolute Gasteiger partial charge is 0.232 e. The van der Waals surface area contributed by atoms with Gasteiger partial charge in [-0.15, -0.1) is 0 Å². The van der Waals surface area contributed by atoms with Crippen LogP contribution < -0.4 is 5.73 Å². The van der Waals surface area contributed by atoms with Gasteiger partial charge < -0.3 is 10.5 Å². The largest absolute Gasteiger partial charge is 0.343 e. The summed E-state index contributed by atoms with van der Waals surface area (Å²) < 4.78 is 31.0. The standard InChI is InChI=1S/C11H15F2NO/c1-2-15-11(13)5-3-9(4-6-11)10(7-12)8-14/h3-5,7H,2,6,8,14H2,1H3/b10-7-. The van der Waals surface area contributed by atoms with Crippen molar-refractivity contribution in [1.29, 1.82) is 0 Å². The highest BCUT2D eigenvalue weighted by molar-refractivity contribution is 5.42. The molecule has 84 valence electrons. The van der Waals surface area contributed by atoms with Gasteiger partial charge in [0.15, 0.2) is 0 Å². The Labute approximate surface area is 88.1 Å². The molecule has 0 aromatic heterocycles. The van der Waals surface area contributed by atoms with Gasteiger partial charge >= 0.3 is 0 Å². The summed E-state index contributed by atoms with van der Waals surface area (Å²) in [5, 5.41) is 0. The van der Waals surface area contributed by atoms with E-state index in [9.17, 15) is 8.78 Å². The van der Waals surface area contributed by atoms with Crippen LogP contribution in [0, 0.1) is 0 Å². The lowest BCUT2D eigenvalue weighted by molar-refractivity contribution is -0.0996. The maximum Gasteiger partial charge on any atom is 0.232 e. The average Bonchev–Trinajstić information content (AvgIpc) is 2.23. The molecule has 0 saturated heterocycles. The number of hydrogen-bond donors (Lipinski definition) is 1. The fraction of sp³-hybridized carbons (Fsp3) is 0.455. The highest BCUT2D eigenvalue weighted by atomic mass is 19.2. The lowest BCUT2D eigenvalue weighted by Crippen LogP contribution is -2.25. The number of nitrogens with two attached hydrogens (primary N) is 1. The number of alkyl halides is 1. The van der Waals surface area contributed by atoms with E-state index in [1.54, 1.807) is 13.0 Å². The van der Waals surface area contributed by atoms with Gasteiger partial charge in [-0.3, -0.25) is 0 Å². The van der Waals surface area contributed by atoms with Gasteiger partial charge in [0, 0.05) is 25.1 Å². The average molecular weight is 215 g/mol. The van der Waals surface area contributed by atoms with E-state index in [4.69, 9.17) is 10.5 Å². The van der Waals surface area contributed by atoms with Crippen molar-refractivity contribution in [3.8, 4) is 0 Å². The highest BCUT2D eigenvalue weighted by Crippen LogP contribution is 2.28. The van der Waals surface area contributed by atoms with Gasteiger partial charge in [-0.2, -0.15) is 0 Å². The first-order valence-corrected chi connectivity index (χ1v) is 4.87. The van der Waals surface area contributed by atoms with E-state index in [0.717, 1.165) is 0 Å². The number of rotatable bonds is 4. The third kappa shape index (κ3) is 2.97. The summed E-state index contributed by atoms with van der Waals surface area (Å²) >= 11 is 0. The van der Waals surface area contributed by atoms with Crippen molar-refractivity contribution in [1.82, 2.24) is 0 Å². The zero-order valence-electron chi connectivity index (χ0n) is 8.67. The third-order valence-electron chi connectivity index (χ3n) is 2.22. The molecule has 1 atom stereocenters. The van der Waals surface area contributed by atoms with E-state index in [2.05, 4.69) is 0 Å². The molecule has 0 aromatic rings. The van der Waals surface area contributed by atoms with Gasteiger partial charge in [0.05, 0.1) is 6.33 Å². The second-order valence-corrected chi connectivity index (χ2v) is 3.25. The molecule has 1 rings (SSSR count). The van der Waals surface area contributed by atoms with Crippen molar-refractivity contribution in [2.24, 2.45) is 5.73 Å². The molecule has 15 heavy (non-hydrogen) atoms. The summed E-state index contributed by atoms with van der Waals surface area (Å²) in [6.45, 7) is 2.12. The van der Waals surface area contributed by atoms with Crippen molar-refractivity contribution < 1.29 is 13.5 Å². The molecule has 2 N–H and O–H groups in total. The Bertz CT molecular complexity index is 310. The summed E-state index contributed by atoms with van der Waals surface area (Å²) in [6.07, 6.45) is 4.92. The van der Waals surface area contributed by atoms with Crippen molar-refractivity contribution >= 4 is 0 Å². The SMILES string of the molecule is CCOC1(F)C=CC(/C(=C\F)CN)=CC1. The minimum Gasteiger partial charge on any atom is -0.343 e. The molecule has 0 aliphatic heterocycles. The van der Waals surface area contributed by atoms with Crippen molar-refractivity contribution in [2.75, 3.05) is 13.2 Å². The zero-order valence-corrected chi connectivity index (χ0v) is 8.67. The Morgan fingerprint density at radius 1 is 1.73 bits per heavy atom. The van der Waals surface area contributed by atoms with Gasteiger partial charge in [-0.25, -0.2) is 8.78 Å². The number of halogens is 2. The van der Waals surface area contributed by atoms with E-state index in [0.29, 0.717) is 24.1 Å². The van der Waals surface area contributed by atoms with Crippen LogP contribution in [0.5, 0.6) is 0 Å². The monoisotopic (exact) mass is 215 g/mol. The molecule has 1 aliphatic rings. The number of hydrogen-bond acceptors (Lipinski definition) is 2. The predicted octanol–water partition coefficient (Wildman–Crippen LogP) is 2.39. The molecular formula is C11H15F2NO. The van der Waals surface area contributed by atoms with Crippen LogP contribution >= 0.6 is 0 Å². The van der Waals surface area contributed by atoms with Gasteiger partial charge in [-0.05, 0) is 18.6 Å². The quantitative estimate of drug-likeness (QED) is 0.781. The van der Waals surface area contributed by atoms with Crippen LogP contribution in [0.4, 0.5) is 8.78 Å². The van der Waals surface area contributed by atoms with Crippen LogP contribution in [0.25, 0.3) is 0 Å². The van der Waals surface area contributed by atoms with Gasteiger partial charge in [-0.1, -0.05) is 12.2 Å². The van der Waals surface area contributed by atoms with Gasteiger partial charge in [0.25, 0.3) is 0 Å². The molecule has 0 saturated carbocycles. The van der Waals surface area contributed by atoms with Crippen LogP contribution in [0.3, 0.4) is 0 Å². The first-order valence-electron chi connectivity index (χ1n) is 4.87. The zero-order chi connectivity index (χ0) is 11.3. The topological polar surface area (TPSA) is 35.2 Å². The fourth-order valence-corrected chi connectivity index (χ4v) is 1.41. The van der Waals surface area contributed by atoms with Crippen LogP contribution in [0.2, 0.25) is 0 Å². The normalized spacial score (nSPS) is 26.7. The summed E-state index contributed by atoms with van der Waals surface area (Å²) in [4.78, 5) is 0. The Kier molecular flexibility index (Phi) is 4.17. The Morgan fingerprint density at radius 3 is 2.87 bits per heavy atom. The Balaban J connectivity index is 2.72. The second kappa shape index (κ2) is 5.19. The highest BCUT2D eigenvalue weighted by Gasteiger charge is 2.28. The van der Waals surface area contributed by atoms with Gasteiger partial charge in [0.1, 0.15) is 0 Å². The minimum absolute atomic E-state index is 0.0873. The minimum atomic E-state index is -1.76. The fourth-order valence-electron chi connectivity index (χ4n) is 1.41. The molecule has 0 amide bonds. The van der Waals surface area contributed by atoms with E-state index in [-0.39, 0.29) is 13.0 Å². The molecule has 0 spiro atoms. The molecule has 2 nitrogen and oxygen atoms in total. The molecule has 0 fully saturated rings. The van der Waals surface area contributed by atoms with Crippen LogP contribution in [-0.4, -0.2) is 19.0 Å². The summed E-state index contributed by atoms with van der Waals surface area (Å²) in [5.41, 5.74) is 6.32. The van der Waals surface area contributed by atoms with Gasteiger partial charge in [0.2, 0.25) is 5.85 Å². The van der Waals surface area contributed by atoms with E-state index >= 15 is 0 Å². The molecular weight excluding hydrogens is 200 g/mol. The molecule has 1 unspecified atom stereocenters. The lowest BCUT2D eigenvalue weighted by Gasteiger charge is -2.23. The second-order valence-electron chi connectivity index (χ2n) is 3.25. The molecule has 0 bridgehead atoms. The maximum atomic E-state index is 13.7. The van der Waals surface area contributed by atoms with E-state index in [1.165, 1.54) is 12.2 Å². The Hall–Kier alpha value is -1.00. The van der Waals surface area contributed by atoms with E-state index in [1.807, 2.05) is 0 Å². The van der Waals surface area contributed by atoms with Crippen LogP contribution in [0.1, 0.15) is 13.3 Å². The summed E-state index contributed by atoms with van der Waals surface area (Å²) in [5.74, 6) is -1.76. The number of ether oxygens (including phenoxy) is 1. The molecule has 0 radical (unpaired) electrons. The Morgan fingerprint density at radius 2 is 2.47 bits per heavy atom. The molecule has 1 aliphatic carbocycles. The molecule has 0 heterocycles. The first-order chi connectivity index (χ1) is 7.15. The van der Waals surface area contributed by atoms with Crippen molar-refractivity contribution in [3.63, 3.8) is 0 Å².